The third kappa shape index (κ3) is 57.8. The van der Waals surface area contributed by atoms with Gasteiger partial charge in [0, 0.05) is 12.8 Å². The molecular weight excluding hydrogens is 911 g/mol. The van der Waals surface area contributed by atoms with Gasteiger partial charge in [-0.1, -0.05) is 309 Å². The fourth-order valence-corrected chi connectivity index (χ4v) is 9.90. The van der Waals surface area contributed by atoms with Crippen molar-refractivity contribution in [2.24, 2.45) is 0 Å². The topological polar surface area (TPSA) is 108 Å². The number of carbonyl (C=O) groups excluding carboxylic acids is 2. The SMILES string of the molecule is CCCCCCCCCCCCCCCCCCCCCCCCCCCCCCCCCCCCCCCCCCCC(=O)OC(COC(=O)CCCCCCCCC)COC(OCC[N+](C)(C)C)C(=O)O. The van der Waals surface area contributed by atoms with Gasteiger partial charge in [-0.05, 0) is 12.8 Å². The van der Waals surface area contributed by atoms with Gasteiger partial charge >= 0.3 is 17.9 Å². The van der Waals surface area contributed by atoms with E-state index in [0.717, 1.165) is 38.5 Å². The van der Waals surface area contributed by atoms with Gasteiger partial charge in [0.1, 0.15) is 13.2 Å². The number of hydrogen-bond acceptors (Lipinski definition) is 7. The van der Waals surface area contributed by atoms with Crippen LogP contribution in [-0.2, 0) is 33.3 Å². The van der Waals surface area contributed by atoms with Crippen LogP contribution in [-0.4, -0.2) is 87.4 Å². The van der Waals surface area contributed by atoms with Gasteiger partial charge in [-0.25, -0.2) is 4.79 Å². The Hall–Kier alpha value is -1.71. The lowest BCUT2D eigenvalue weighted by Gasteiger charge is -2.25. The number of hydrogen-bond donors (Lipinski definition) is 1. The summed E-state index contributed by atoms with van der Waals surface area (Å²) in [6, 6.07) is 0. The van der Waals surface area contributed by atoms with Crippen LogP contribution in [0.1, 0.15) is 335 Å². The highest BCUT2D eigenvalue weighted by Crippen LogP contribution is 2.19. The van der Waals surface area contributed by atoms with E-state index < -0.39 is 18.4 Å². The molecule has 0 radical (unpaired) electrons. The lowest BCUT2D eigenvalue weighted by molar-refractivity contribution is -0.870. The van der Waals surface area contributed by atoms with E-state index in [2.05, 4.69) is 13.8 Å². The molecule has 0 saturated heterocycles. The summed E-state index contributed by atoms with van der Waals surface area (Å²) in [5.74, 6) is -1.99. The van der Waals surface area contributed by atoms with Crippen LogP contribution in [0.25, 0.3) is 0 Å². The Labute approximate surface area is 453 Å². The third-order valence-corrected chi connectivity index (χ3v) is 14.9. The molecule has 434 valence electrons. The Balaban J connectivity index is 3.72. The second-order valence-electron chi connectivity index (χ2n) is 23.4. The molecule has 0 aliphatic carbocycles. The largest absolute Gasteiger partial charge is 0.477 e. The molecule has 0 aromatic rings. The summed E-state index contributed by atoms with van der Waals surface area (Å²) < 4.78 is 22.7. The molecule has 0 amide bonds. The van der Waals surface area contributed by atoms with Crippen molar-refractivity contribution >= 4 is 17.9 Å². The summed E-state index contributed by atoms with van der Waals surface area (Å²) in [6.45, 7) is 4.88. The number of unbranched alkanes of at least 4 members (excludes halogenated alkanes) is 46. The number of carbonyl (C=O) groups is 3. The van der Waals surface area contributed by atoms with Crippen LogP contribution < -0.4 is 0 Å². The van der Waals surface area contributed by atoms with Crippen LogP contribution in [0.4, 0.5) is 0 Å². The molecule has 2 unspecified atom stereocenters. The Kier molecular flexibility index (Phi) is 55.2. The van der Waals surface area contributed by atoms with Gasteiger partial charge in [-0.3, -0.25) is 9.59 Å². The maximum absolute atomic E-state index is 12.8. The predicted molar refractivity (Wildman–Crippen MR) is 309 cm³/mol. The molecule has 0 saturated carbocycles. The summed E-state index contributed by atoms with van der Waals surface area (Å²) in [4.78, 5) is 37.1. The van der Waals surface area contributed by atoms with E-state index >= 15 is 0 Å². The zero-order chi connectivity index (χ0) is 53.4. The van der Waals surface area contributed by atoms with E-state index in [9.17, 15) is 19.5 Å². The molecule has 9 heteroatoms. The van der Waals surface area contributed by atoms with Crippen molar-refractivity contribution in [2.75, 3.05) is 47.5 Å². The molecule has 0 aliphatic rings. The lowest BCUT2D eigenvalue weighted by Crippen LogP contribution is -2.40. The van der Waals surface area contributed by atoms with E-state index in [0.29, 0.717) is 17.4 Å². The zero-order valence-electron chi connectivity index (χ0n) is 49.6. The van der Waals surface area contributed by atoms with Gasteiger partial charge in [0.25, 0.3) is 6.29 Å². The molecule has 9 nitrogen and oxygen atoms in total. The predicted octanol–water partition coefficient (Wildman–Crippen LogP) is 19.1. The van der Waals surface area contributed by atoms with Gasteiger partial charge in [-0.2, -0.15) is 0 Å². The number of rotatable bonds is 61. The fraction of sp³-hybridized carbons (Fsp3) is 0.953. The van der Waals surface area contributed by atoms with Crippen molar-refractivity contribution in [1.82, 2.24) is 0 Å². The van der Waals surface area contributed by atoms with Crippen LogP contribution in [0, 0.1) is 0 Å². The molecule has 0 aromatic carbocycles. The van der Waals surface area contributed by atoms with Gasteiger partial charge in [-0.15, -0.1) is 0 Å². The Morgan fingerprint density at radius 2 is 0.616 bits per heavy atom. The van der Waals surface area contributed by atoms with E-state index in [1.54, 1.807) is 0 Å². The number of carboxylic acids is 1. The first-order valence-electron chi connectivity index (χ1n) is 32.2. The summed E-state index contributed by atoms with van der Waals surface area (Å²) in [5.41, 5.74) is 0. The maximum Gasteiger partial charge on any atom is 0.361 e. The molecule has 0 aromatic heterocycles. The maximum atomic E-state index is 12.8. The number of likely N-dealkylation sites (N-methyl/N-ethyl adjacent to an activating group) is 1. The van der Waals surface area contributed by atoms with E-state index in [4.69, 9.17) is 18.9 Å². The highest BCUT2D eigenvalue weighted by molar-refractivity contribution is 5.71. The number of esters is 2. The first-order valence-corrected chi connectivity index (χ1v) is 32.2. The van der Waals surface area contributed by atoms with E-state index in [1.165, 1.54) is 270 Å². The molecule has 0 fully saturated rings. The highest BCUT2D eigenvalue weighted by Gasteiger charge is 2.25. The minimum atomic E-state index is -1.50. The standard InChI is InChI=1S/C64H125NO8/c1-6-8-10-12-14-15-16-17-18-19-20-21-22-23-24-25-26-27-28-29-30-31-32-33-34-35-36-37-38-39-40-41-42-43-44-45-46-47-49-51-53-55-62(67)73-60(58-71-61(66)54-52-50-48-13-11-9-7-2)59-72-64(63(68)69)70-57-56-65(3,4)5/h60,64H,6-59H2,1-5H3/p+1. The molecule has 0 bridgehead atoms. The summed E-state index contributed by atoms with van der Waals surface area (Å²) in [5, 5.41) is 9.65. The highest BCUT2D eigenvalue weighted by atomic mass is 16.7. The van der Waals surface area contributed by atoms with E-state index in [1.807, 2.05) is 21.1 Å². The van der Waals surface area contributed by atoms with Crippen LogP contribution >= 0.6 is 0 Å². The van der Waals surface area contributed by atoms with Crippen molar-refractivity contribution in [3.8, 4) is 0 Å². The molecule has 2 atom stereocenters. The van der Waals surface area contributed by atoms with Crippen LogP contribution in [0.15, 0.2) is 0 Å². The smallest absolute Gasteiger partial charge is 0.361 e. The number of quaternary nitrogens is 1. The summed E-state index contributed by atoms with van der Waals surface area (Å²) in [6.07, 6.45) is 62.8. The second kappa shape index (κ2) is 56.5. The lowest BCUT2D eigenvalue weighted by atomic mass is 10.0. The quantitative estimate of drug-likeness (QED) is 0.0278. The van der Waals surface area contributed by atoms with Gasteiger partial charge in [0.15, 0.2) is 6.10 Å². The number of nitrogens with zero attached hydrogens (tertiary/aromatic N) is 1. The van der Waals surface area contributed by atoms with Crippen molar-refractivity contribution < 1.29 is 42.9 Å². The third-order valence-electron chi connectivity index (χ3n) is 14.9. The van der Waals surface area contributed by atoms with Crippen LogP contribution in [0.2, 0.25) is 0 Å². The molecule has 73 heavy (non-hydrogen) atoms. The van der Waals surface area contributed by atoms with Crippen LogP contribution in [0.5, 0.6) is 0 Å². The van der Waals surface area contributed by atoms with E-state index in [-0.39, 0.29) is 38.2 Å². The average Bonchev–Trinajstić information content (AvgIpc) is 3.36. The van der Waals surface area contributed by atoms with Gasteiger partial charge < -0.3 is 28.5 Å². The first kappa shape index (κ1) is 71.3. The molecule has 1 N–H and O–H groups in total. The zero-order valence-corrected chi connectivity index (χ0v) is 49.6. The summed E-state index contributed by atoms with van der Waals surface area (Å²) >= 11 is 0. The normalized spacial score (nSPS) is 12.6. The molecular formula is C64H126NO8+. The molecule has 0 spiro atoms. The number of carboxylic acid groups (broad SMARTS) is 1. The average molecular weight is 1040 g/mol. The monoisotopic (exact) mass is 1040 g/mol. The van der Waals surface area contributed by atoms with Crippen molar-refractivity contribution in [2.45, 2.75) is 347 Å². The molecule has 0 aliphatic heterocycles. The van der Waals surface area contributed by atoms with Crippen molar-refractivity contribution in [3.63, 3.8) is 0 Å². The van der Waals surface area contributed by atoms with Gasteiger partial charge in [0.2, 0.25) is 0 Å². The minimum Gasteiger partial charge on any atom is -0.477 e. The van der Waals surface area contributed by atoms with Crippen LogP contribution in [0.3, 0.4) is 0 Å². The molecule has 0 rings (SSSR count). The van der Waals surface area contributed by atoms with Gasteiger partial charge in [0.05, 0.1) is 34.4 Å². The summed E-state index contributed by atoms with van der Waals surface area (Å²) in [7, 11) is 5.97. The molecule has 0 heterocycles. The van der Waals surface area contributed by atoms with Crippen molar-refractivity contribution in [3.05, 3.63) is 0 Å². The Morgan fingerprint density at radius 3 is 0.877 bits per heavy atom. The minimum absolute atomic E-state index is 0.175. The Bertz CT molecular complexity index is 1160. The van der Waals surface area contributed by atoms with Crippen molar-refractivity contribution in [1.29, 1.82) is 0 Å². The second-order valence-corrected chi connectivity index (χ2v) is 23.4. The first-order chi connectivity index (χ1) is 35.6. The fourth-order valence-electron chi connectivity index (χ4n) is 9.90. The number of aliphatic carboxylic acids is 1. The number of ether oxygens (including phenoxy) is 4. The Morgan fingerprint density at radius 1 is 0.356 bits per heavy atom.